The summed E-state index contributed by atoms with van der Waals surface area (Å²) in [5, 5.41) is 2.65. The van der Waals surface area contributed by atoms with Crippen molar-refractivity contribution in [1.29, 1.82) is 0 Å². The van der Waals surface area contributed by atoms with Crippen molar-refractivity contribution in [3.05, 3.63) is 54.1 Å². The summed E-state index contributed by atoms with van der Waals surface area (Å²) in [6.07, 6.45) is -4.48. The van der Waals surface area contributed by atoms with Gasteiger partial charge in [0.25, 0.3) is 0 Å². The summed E-state index contributed by atoms with van der Waals surface area (Å²) in [5.41, 5.74) is -0.379. The number of amides is 1. The number of nitrogens with one attached hydrogen (secondary N) is 2. The highest BCUT2D eigenvalue weighted by molar-refractivity contribution is 7.89. The van der Waals surface area contributed by atoms with Crippen molar-refractivity contribution in [2.24, 2.45) is 5.92 Å². The number of rotatable bonds is 8. The summed E-state index contributed by atoms with van der Waals surface area (Å²) in [6.45, 7) is 3.19. The first-order chi connectivity index (χ1) is 13.5. The molecular formula is C19H21F3N2O4S. The Kier molecular flexibility index (Phi) is 7.26. The highest BCUT2D eigenvalue weighted by atomic mass is 32.2. The summed E-state index contributed by atoms with van der Waals surface area (Å²) in [7, 11) is -3.83. The topological polar surface area (TPSA) is 84.5 Å². The number of benzene rings is 2. The zero-order valence-corrected chi connectivity index (χ0v) is 16.6. The van der Waals surface area contributed by atoms with Crippen molar-refractivity contribution in [3.63, 3.8) is 0 Å². The maximum atomic E-state index is 12.7. The van der Waals surface area contributed by atoms with E-state index in [2.05, 4.69) is 10.0 Å². The smallest absolute Gasteiger partial charge is 0.416 e. The fourth-order valence-corrected chi connectivity index (χ4v) is 3.21. The lowest BCUT2D eigenvalue weighted by atomic mass is 10.2. The van der Waals surface area contributed by atoms with Gasteiger partial charge in [0.1, 0.15) is 12.4 Å². The van der Waals surface area contributed by atoms with Crippen LogP contribution in [0.2, 0.25) is 0 Å². The van der Waals surface area contributed by atoms with E-state index in [1.165, 1.54) is 36.4 Å². The maximum Gasteiger partial charge on any atom is 0.416 e. The first-order valence-corrected chi connectivity index (χ1v) is 10.2. The molecular weight excluding hydrogens is 409 g/mol. The van der Waals surface area contributed by atoms with Crippen LogP contribution >= 0.6 is 0 Å². The molecule has 2 N–H and O–H groups in total. The zero-order valence-electron chi connectivity index (χ0n) is 15.8. The second-order valence-corrected chi connectivity index (χ2v) is 8.21. The quantitative estimate of drug-likeness (QED) is 0.626. The lowest BCUT2D eigenvalue weighted by molar-refractivity contribution is -0.137. The van der Waals surface area contributed by atoms with Crippen LogP contribution in [0.25, 0.3) is 0 Å². The number of carbonyl (C=O) groups is 1. The van der Waals surface area contributed by atoms with Gasteiger partial charge in [0, 0.05) is 18.2 Å². The molecule has 0 atom stereocenters. The molecule has 0 aromatic heterocycles. The molecule has 0 heterocycles. The van der Waals surface area contributed by atoms with Crippen LogP contribution in [0, 0.1) is 5.92 Å². The molecule has 0 unspecified atom stereocenters. The Morgan fingerprint density at radius 1 is 1.10 bits per heavy atom. The highest BCUT2D eigenvalue weighted by Gasteiger charge is 2.30. The molecule has 0 aliphatic rings. The van der Waals surface area contributed by atoms with E-state index in [-0.39, 0.29) is 35.6 Å². The van der Waals surface area contributed by atoms with Crippen LogP contribution < -0.4 is 14.8 Å². The molecule has 2 aromatic carbocycles. The normalized spacial score (nSPS) is 12.1. The van der Waals surface area contributed by atoms with E-state index in [4.69, 9.17) is 4.74 Å². The van der Waals surface area contributed by atoms with Crippen molar-refractivity contribution < 1.29 is 31.1 Å². The number of halogens is 3. The van der Waals surface area contributed by atoms with Gasteiger partial charge in [0.05, 0.1) is 10.5 Å². The average molecular weight is 430 g/mol. The van der Waals surface area contributed by atoms with Crippen molar-refractivity contribution in [3.8, 4) is 5.75 Å². The van der Waals surface area contributed by atoms with Crippen molar-refractivity contribution in [2.45, 2.75) is 24.9 Å². The monoisotopic (exact) mass is 430 g/mol. The molecule has 1 amide bonds. The lowest BCUT2D eigenvalue weighted by Gasteiger charge is -2.11. The van der Waals surface area contributed by atoms with Crippen LogP contribution in [-0.4, -0.2) is 27.5 Å². The number of hydrogen-bond acceptors (Lipinski definition) is 4. The first-order valence-electron chi connectivity index (χ1n) is 8.70. The Hall–Kier alpha value is -2.59. The van der Waals surface area contributed by atoms with E-state index >= 15 is 0 Å². The third-order valence-corrected chi connectivity index (χ3v) is 5.26. The van der Waals surface area contributed by atoms with Gasteiger partial charge in [-0.1, -0.05) is 19.9 Å². The molecule has 2 aromatic rings. The third-order valence-electron chi connectivity index (χ3n) is 3.78. The zero-order chi connectivity index (χ0) is 21.7. The molecule has 10 heteroatoms. The molecule has 158 valence electrons. The number of carbonyl (C=O) groups excluding carboxylic acids is 1. The summed E-state index contributed by atoms with van der Waals surface area (Å²) in [6, 6.07) is 9.94. The number of ether oxygens (including phenoxy) is 1. The molecule has 0 radical (unpaired) electrons. The van der Waals surface area contributed by atoms with Gasteiger partial charge in [-0.2, -0.15) is 13.2 Å². The van der Waals surface area contributed by atoms with E-state index in [1.807, 2.05) is 0 Å². The number of hydrogen-bond donors (Lipinski definition) is 2. The minimum absolute atomic E-state index is 0.00994. The molecule has 0 saturated heterocycles. The summed E-state index contributed by atoms with van der Waals surface area (Å²) in [5.74, 6) is -0.411. The Morgan fingerprint density at radius 2 is 1.76 bits per heavy atom. The summed E-state index contributed by atoms with van der Waals surface area (Å²) >= 11 is 0. The van der Waals surface area contributed by atoms with Crippen LogP contribution in [-0.2, 0) is 21.0 Å². The van der Waals surface area contributed by atoms with E-state index in [9.17, 15) is 26.4 Å². The highest BCUT2D eigenvalue weighted by Crippen LogP contribution is 2.31. The van der Waals surface area contributed by atoms with Gasteiger partial charge >= 0.3 is 6.18 Å². The second-order valence-electron chi connectivity index (χ2n) is 6.44. The Morgan fingerprint density at radius 3 is 2.34 bits per heavy atom. The van der Waals surface area contributed by atoms with E-state index in [0.29, 0.717) is 5.69 Å². The minimum atomic E-state index is -4.48. The second kappa shape index (κ2) is 9.27. The van der Waals surface area contributed by atoms with Crippen LogP contribution in [0.1, 0.15) is 19.4 Å². The van der Waals surface area contributed by atoms with Crippen molar-refractivity contribution in [2.75, 3.05) is 18.5 Å². The van der Waals surface area contributed by atoms with E-state index < -0.39 is 21.8 Å². The van der Waals surface area contributed by atoms with Gasteiger partial charge in [-0.05, 0) is 42.5 Å². The molecule has 0 fully saturated rings. The summed E-state index contributed by atoms with van der Waals surface area (Å²) < 4.78 is 70.0. The van der Waals surface area contributed by atoms with Gasteiger partial charge in [0.15, 0.2) is 0 Å². The van der Waals surface area contributed by atoms with Gasteiger partial charge < -0.3 is 10.1 Å². The maximum absolute atomic E-state index is 12.7. The van der Waals surface area contributed by atoms with Gasteiger partial charge in [-0.15, -0.1) is 0 Å². The van der Waals surface area contributed by atoms with E-state index in [1.54, 1.807) is 13.8 Å². The molecule has 2 rings (SSSR count). The predicted octanol–water partition coefficient (Wildman–Crippen LogP) is 3.66. The summed E-state index contributed by atoms with van der Waals surface area (Å²) in [4.78, 5) is 11.6. The molecule has 0 aliphatic carbocycles. The Bertz CT molecular complexity index is 943. The first kappa shape index (κ1) is 22.7. The van der Waals surface area contributed by atoms with Crippen molar-refractivity contribution >= 4 is 21.6 Å². The Labute approximate surface area is 167 Å². The lowest BCUT2D eigenvalue weighted by Crippen LogP contribution is -2.28. The fraction of sp³-hybridized carbons (Fsp3) is 0.316. The fourth-order valence-electron chi connectivity index (χ4n) is 2.19. The molecule has 0 aliphatic heterocycles. The molecule has 0 saturated carbocycles. The molecule has 29 heavy (non-hydrogen) atoms. The van der Waals surface area contributed by atoms with Crippen LogP contribution in [0.3, 0.4) is 0 Å². The van der Waals surface area contributed by atoms with Crippen molar-refractivity contribution in [1.82, 2.24) is 4.72 Å². The minimum Gasteiger partial charge on any atom is -0.492 e. The SMILES string of the molecule is CC(C)C(=O)Nc1ccc(S(=O)(=O)NCCOc2cccc(C(F)(F)F)c2)cc1. The largest absolute Gasteiger partial charge is 0.492 e. The van der Waals surface area contributed by atoms with Crippen LogP contribution in [0.5, 0.6) is 5.75 Å². The van der Waals surface area contributed by atoms with E-state index in [0.717, 1.165) is 12.1 Å². The average Bonchev–Trinajstić information content (AvgIpc) is 2.65. The molecule has 6 nitrogen and oxygen atoms in total. The predicted molar refractivity (Wildman–Crippen MR) is 102 cm³/mol. The standard InChI is InChI=1S/C19H21F3N2O4S/c1-13(2)18(25)24-15-6-8-17(9-7-15)29(26,27)23-10-11-28-16-5-3-4-14(12-16)19(20,21)22/h3-9,12-13,23H,10-11H2,1-2H3,(H,24,25). The molecule has 0 spiro atoms. The number of alkyl halides is 3. The van der Waals surface area contributed by atoms with Crippen LogP contribution in [0.4, 0.5) is 18.9 Å². The van der Waals surface area contributed by atoms with Gasteiger partial charge in [0.2, 0.25) is 15.9 Å². The molecule has 0 bridgehead atoms. The number of anilines is 1. The number of sulfonamides is 1. The van der Waals surface area contributed by atoms with Gasteiger partial charge in [-0.3, -0.25) is 4.79 Å². The van der Waals surface area contributed by atoms with Crippen LogP contribution in [0.15, 0.2) is 53.4 Å². The van der Waals surface area contributed by atoms with Gasteiger partial charge in [-0.25, -0.2) is 13.1 Å². The third kappa shape index (κ3) is 6.75. The Balaban J connectivity index is 1.89.